The summed E-state index contributed by atoms with van der Waals surface area (Å²) in [6.07, 6.45) is 0. The van der Waals surface area contributed by atoms with Gasteiger partial charge in [-0.05, 0) is 210 Å². The van der Waals surface area contributed by atoms with Crippen LogP contribution < -0.4 is 0 Å². The molecule has 14 heterocycles. The maximum absolute atomic E-state index is 5.29. The van der Waals surface area contributed by atoms with E-state index in [-0.39, 0.29) is 0 Å². The Labute approximate surface area is 861 Å². The molecule has 0 fully saturated rings. The largest absolute Gasteiger partial charge is 0.309 e. The lowest BCUT2D eigenvalue weighted by Crippen LogP contribution is -1.97. The van der Waals surface area contributed by atoms with Gasteiger partial charge in [0.2, 0.25) is 0 Å². The quantitative estimate of drug-likeness (QED) is 0.164. The van der Waals surface area contributed by atoms with Crippen LogP contribution in [0.3, 0.4) is 0 Å². The third kappa shape index (κ3) is 11.7. The molecule has 0 saturated heterocycles. The summed E-state index contributed by atoms with van der Waals surface area (Å²) in [5, 5.41) is 30.1. The maximum atomic E-state index is 5.29. The van der Waals surface area contributed by atoms with E-state index in [4.69, 9.17) is 19.9 Å². The minimum Gasteiger partial charge on any atom is -0.309 e. The molecule has 0 aliphatic heterocycles. The molecule has 0 unspecified atom stereocenters. The first-order chi connectivity index (χ1) is 74.5. The van der Waals surface area contributed by atoms with Crippen LogP contribution in [0.1, 0.15) is 0 Å². The molecule has 0 radical (unpaired) electrons. The van der Waals surface area contributed by atoms with Crippen molar-refractivity contribution in [2.24, 2.45) is 0 Å². The van der Waals surface area contributed by atoms with Gasteiger partial charge in [-0.15, -0.1) is 22.7 Å². The predicted molar refractivity (Wildman–Crippen MR) is 634 cm³/mol. The molecular weight excluding hydrogens is 1870 g/mol. The summed E-state index contributed by atoms with van der Waals surface area (Å²) in [7, 11) is 0. The summed E-state index contributed by atoms with van der Waals surface area (Å²) in [6, 6.07) is 174. The summed E-state index contributed by atoms with van der Waals surface area (Å²) in [5.74, 6) is 0. The Morgan fingerprint density at radius 2 is 0.427 bits per heavy atom. The van der Waals surface area contributed by atoms with E-state index in [1.807, 2.05) is 22.7 Å². The van der Waals surface area contributed by atoms with E-state index >= 15 is 0 Å². The number of imidazole rings is 4. The smallest absolute Gasteiger partial charge is 0.147 e. The zero-order valence-electron chi connectivity index (χ0n) is 80.4. The van der Waals surface area contributed by atoms with Gasteiger partial charge in [0.05, 0.1) is 110 Å². The second-order valence-corrected chi connectivity index (χ2v) is 41.4. The van der Waals surface area contributed by atoms with Crippen LogP contribution in [0.25, 0.3) is 304 Å². The van der Waals surface area contributed by atoms with Gasteiger partial charge in [-0.1, -0.05) is 297 Å². The van der Waals surface area contributed by atoms with Crippen molar-refractivity contribution in [2.45, 2.75) is 0 Å². The molecule has 0 aliphatic rings. The number of hydrogen-bond donors (Lipinski definition) is 0. The highest BCUT2D eigenvalue weighted by Crippen LogP contribution is 2.52. The first-order valence-electron chi connectivity index (χ1n) is 51.0. The molecule has 36 aromatic rings. The lowest BCUT2D eigenvalue weighted by atomic mass is 9.99. The normalized spacial score (nSPS) is 12.3. The molecule has 0 saturated carbocycles. The number of pyridine rings is 4. The Balaban J connectivity index is 0.0000000869. The van der Waals surface area contributed by atoms with Crippen molar-refractivity contribution >= 4 is 304 Å². The topological polar surface area (TPSA) is 88.9 Å². The first kappa shape index (κ1) is 82.8. The number of fused-ring (bicyclic) bond motifs is 55. The third-order valence-electron chi connectivity index (χ3n) is 31.5. The number of rotatable bonds is 4. The van der Waals surface area contributed by atoms with Crippen LogP contribution in [0.2, 0.25) is 0 Å². The molecule has 0 spiro atoms. The van der Waals surface area contributed by atoms with Gasteiger partial charge in [-0.25, -0.2) is 19.9 Å². The number of para-hydroxylation sites is 16. The van der Waals surface area contributed by atoms with E-state index in [2.05, 4.69) is 521 Å². The van der Waals surface area contributed by atoms with Crippen LogP contribution in [0.5, 0.6) is 0 Å². The maximum Gasteiger partial charge on any atom is 0.147 e. The fourth-order valence-electron chi connectivity index (χ4n) is 25.4. The predicted octanol–water partition coefficient (Wildman–Crippen LogP) is 36.3. The zero-order valence-corrected chi connectivity index (χ0v) is 82.0. The molecule has 14 heteroatoms. The molecule has 0 N–H and O–H groups in total. The van der Waals surface area contributed by atoms with Crippen molar-refractivity contribution in [1.29, 1.82) is 0 Å². The van der Waals surface area contributed by atoms with E-state index in [0.717, 1.165) is 72.4 Å². The van der Waals surface area contributed by atoms with Crippen molar-refractivity contribution in [1.82, 2.24) is 55.8 Å². The number of benzene rings is 22. The lowest BCUT2D eigenvalue weighted by molar-refractivity contribution is 1.18. The van der Waals surface area contributed by atoms with Crippen molar-refractivity contribution in [3.8, 4) is 22.7 Å². The van der Waals surface area contributed by atoms with Crippen molar-refractivity contribution in [3.63, 3.8) is 0 Å². The summed E-state index contributed by atoms with van der Waals surface area (Å²) >= 11 is 3.74. The molecule has 696 valence electrons. The number of aromatic nitrogens is 12. The van der Waals surface area contributed by atoms with Crippen molar-refractivity contribution < 1.29 is 0 Å². The molecule has 22 aromatic carbocycles. The van der Waals surface area contributed by atoms with Gasteiger partial charge in [0.1, 0.15) is 22.6 Å². The SMILES string of the molecule is c1ccc(-n2c3ccccc3c3c4c5cc6sc7ccccc7c6cc5c5nc6ccccc6n5c4ccc32)cc1.c1ccc(-n2c3ccccc3c3c4c5ccccc5c5nc6ccccc6n5c4ccc32)cc1.c1ccc(-n2c3ccccc3c3ccc4c(c5ccc6sc7ccccc7c6c5c5nc6ccccc6n45)c32)cc1.c1ccc(-n2c3ccccc3c3ccc4c(c5ccccc5c5nc6ccccc6n45)c32)cc1. The Kier molecular flexibility index (Phi) is 17.6. The van der Waals surface area contributed by atoms with Crippen LogP contribution in [0.15, 0.2) is 485 Å². The van der Waals surface area contributed by atoms with Gasteiger partial charge < -0.3 is 18.3 Å². The summed E-state index contributed by atoms with van der Waals surface area (Å²) in [4.78, 5) is 20.6. The van der Waals surface area contributed by atoms with Crippen LogP contribution in [0, 0.1) is 0 Å². The molecule has 36 rings (SSSR count). The molecule has 150 heavy (non-hydrogen) atoms. The van der Waals surface area contributed by atoms with Gasteiger partial charge in [0, 0.05) is 149 Å². The van der Waals surface area contributed by atoms with Gasteiger partial charge in [0.15, 0.2) is 0 Å². The number of hydrogen-bond acceptors (Lipinski definition) is 6. The van der Waals surface area contributed by atoms with Gasteiger partial charge in [-0.3, -0.25) is 17.6 Å². The lowest BCUT2D eigenvalue weighted by Gasteiger charge is -2.14. The molecule has 0 amide bonds. The van der Waals surface area contributed by atoms with E-state index in [1.54, 1.807) is 0 Å². The van der Waals surface area contributed by atoms with Gasteiger partial charge in [0.25, 0.3) is 0 Å². The van der Waals surface area contributed by atoms with Gasteiger partial charge >= 0.3 is 0 Å². The highest BCUT2D eigenvalue weighted by atomic mass is 32.1. The van der Waals surface area contributed by atoms with E-state index in [1.165, 1.54) is 231 Å². The summed E-state index contributed by atoms with van der Waals surface area (Å²) in [5.41, 5.74) is 31.8. The molecule has 14 aromatic heterocycles. The number of nitrogens with zero attached hydrogens (tertiary/aromatic N) is 12. The van der Waals surface area contributed by atoms with Crippen LogP contribution >= 0.6 is 22.7 Å². The highest BCUT2D eigenvalue weighted by molar-refractivity contribution is 7.26. The molecular formula is C136H80N12S2. The van der Waals surface area contributed by atoms with Crippen molar-refractivity contribution in [3.05, 3.63) is 485 Å². The second-order valence-electron chi connectivity index (χ2n) is 39.3. The minimum absolute atomic E-state index is 1.01. The average Bonchev–Trinajstić information content (AvgIpc) is 1.53. The Morgan fingerprint density at radius 3 is 0.887 bits per heavy atom. The zero-order chi connectivity index (χ0) is 97.8. The van der Waals surface area contributed by atoms with Crippen LogP contribution in [-0.4, -0.2) is 55.8 Å². The molecule has 12 nitrogen and oxygen atoms in total. The highest BCUT2D eigenvalue weighted by Gasteiger charge is 2.29. The first-order valence-corrected chi connectivity index (χ1v) is 52.6. The Morgan fingerprint density at radius 1 is 0.133 bits per heavy atom. The van der Waals surface area contributed by atoms with E-state index in [9.17, 15) is 0 Å². The second kappa shape index (κ2) is 31.9. The Bertz CT molecular complexity index is 12200. The van der Waals surface area contributed by atoms with Crippen LogP contribution in [-0.2, 0) is 0 Å². The minimum atomic E-state index is 1.01. The molecule has 0 atom stereocenters. The molecule has 0 aliphatic carbocycles. The summed E-state index contributed by atoms with van der Waals surface area (Å²) in [6.45, 7) is 0. The third-order valence-corrected chi connectivity index (χ3v) is 33.7. The van der Waals surface area contributed by atoms with Gasteiger partial charge in [-0.2, -0.15) is 0 Å². The number of thiophene rings is 2. The molecule has 0 bridgehead atoms. The fraction of sp³-hybridized carbons (Fsp3) is 0. The fourth-order valence-corrected chi connectivity index (χ4v) is 27.7. The van der Waals surface area contributed by atoms with Crippen LogP contribution in [0.4, 0.5) is 0 Å². The summed E-state index contributed by atoms with van der Waals surface area (Å²) < 4.78 is 24.3. The average molecular weight is 1950 g/mol. The monoisotopic (exact) mass is 1940 g/mol. The van der Waals surface area contributed by atoms with Crippen molar-refractivity contribution in [2.75, 3.05) is 0 Å². The standard InChI is InChI=1S/2C37H21N3S.2C31H19N3/c1-2-10-22(11-3-1)39-29-15-7-4-13-24(29)35-31(39)18-19-32-36(35)26-21-34-25(23-12-5-9-17-33(23)41-34)20-27(26)37-38-28-14-6-8-16-30(28)40(32)37;1-2-10-22(11-3-1)39-28-15-7-4-12-23(28)24-18-20-30-33(36(24)39)26-19-21-32-34(25-13-5-9-17-31(25)41-32)35(26)37-38-27-14-6-8-16-29(27)40(30)37;1-2-10-20(11-3-1)33-26-16-8-6-12-21(26)23-18-19-28-29(30(23)33)22-13-4-5-14-24(22)31-32-25-15-7-9-17-27(25)34(28)31;1-2-10-20(11-3-1)33-25-16-8-6-14-23(25)30-27(33)18-19-28-29(30)21-12-4-5-13-22(21)31-32-24-15-7-9-17-26(24)34(28)31/h2*1-21H;2*1-19H. The van der Waals surface area contributed by atoms with E-state index in [0.29, 0.717) is 0 Å². The van der Waals surface area contributed by atoms with E-state index < -0.39 is 0 Å². The Hall–Kier alpha value is -19.6.